The molecule has 1 saturated carbocycles. The Bertz CT molecular complexity index is 433. The number of halogens is 1. The quantitative estimate of drug-likeness (QED) is 0.736. The maximum absolute atomic E-state index is 6.22. The van der Waals surface area contributed by atoms with Gasteiger partial charge in [-0.05, 0) is 48.8 Å². The molecule has 1 fully saturated rings. The minimum atomic E-state index is 0.366. The van der Waals surface area contributed by atoms with Gasteiger partial charge in [0.05, 0.1) is 0 Å². The zero-order valence-corrected chi connectivity index (χ0v) is 13.3. The van der Waals surface area contributed by atoms with E-state index in [-0.39, 0.29) is 0 Å². The maximum atomic E-state index is 6.22. The van der Waals surface area contributed by atoms with E-state index in [1.807, 2.05) is 12.1 Å². The number of anilines is 1. The van der Waals surface area contributed by atoms with Crippen molar-refractivity contribution in [1.29, 1.82) is 0 Å². The molecule has 1 aromatic carbocycles. The van der Waals surface area contributed by atoms with E-state index in [0.717, 1.165) is 10.9 Å². The normalized spacial score (nSPS) is 24.3. The number of benzene rings is 1. The van der Waals surface area contributed by atoms with Crippen molar-refractivity contribution in [1.82, 2.24) is 0 Å². The minimum absolute atomic E-state index is 0.366. The number of rotatable bonds is 2. The van der Waals surface area contributed by atoms with Gasteiger partial charge in [0.25, 0.3) is 0 Å². The van der Waals surface area contributed by atoms with E-state index in [1.54, 1.807) is 0 Å². The summed E-state index contributed by atoms with van der Waals surface area (Å²) >= 11 is 6.22. The molecule has 1 nitrogen and oxygen atoms in total. The zero-order chi connectivity index (χ0) is 14.0. The second-order valence-electron chi connectivity index (χ2n) is 6.92. The van der Waals surface area contributed by atoms with Gasteiger partial charge < -0.3 is 5.32 Å². The molecule has 0 radical (unpaired) electrons. The van der Waals surface area contributed by atoms with Crippen molar-refractivity contribution in [2.45, 2.75) is 59.4 Å². The highest BCUT2D eigenvalue weighted by atomic mass is 35.5. The van der Waals surface area contributed by atoms with Gasteiger partial charge in [-0.2, -0.15) is 0 Å². The van der Waals surface area contributed by atoms with Crippen LogP contribution in [0.3, 0.4) is 0 Å². The molecular weight excluding hydrogens is 254 g/mol. The number of hydrogen-bond donors (Lipinski definition) is 1. The minimum Gasteiger partial charge on any atom is -0.382 e. The lowest BCUT2D eigenvalue weighted by Gasteiger charge is -2.41. The molecule has 0 bridgehead atoms. The monoisotopic (exact) mass is 279 g/mol. The van der Waals surface area contributed by atoms with Crippen molar-refractivity contribution in [3.63, 3.8) is 0 Å². The van der Waals surface area contributed by atoms with E-state index < -0.39 is 0 Å². The standard InChI is InChI=1S/C17H26ClN/c1-12-14(18)9-7-11-15(12)19-16-10-6-5-8-13(16)17(2,3)4/h7,9,11,13,16,19H,5-6,8,10H2,1-4H3. The lowest BCUT2D eigenvalue weighted by molar-refractivity contribution is 0.163. The van der Waals surface area contributed by atoms with Crippen LogP contribution in [0.25, 0.3) is 0 Å². The second kappa shape index (κ2) is 5.75. The fourth-order valence-electron chi connectivity index (χ4n) is 3.30. The van der Waals surface area contributed by atoms with Crippen LogP contribution in [0.5, 0.6) is 0 Å². The summed E-state index contributed by atoms with van der Waals surface area (Å²) < 4.78 is 0. The van der Waals surface area contributed by atoms with Crippen LogP contribution in [0.1, 0.15) is 52.0 Å². The first-order valence-corrected chi connectivity index (χ1v) is 7.79. The van der Waals surface area contributed by atoms with Crippen LogP contribution in [0.15, 0.2) is 18.2 Å². The second-order valence-corrected chi connectivity index (χ2v) is 7.33. The van der Waals surface area contributed by atoms with E-state index in [0.29, 0.717) is 11.5 Å². The van der Waals surface area contributed by atoms with Gasteiger partial charge in [0.15, 0.2) is 0 Å². The molecule has 1 aromatic rings. The molecular formula is C17H26ClN. The van der Waals surface area contributed by atoms with Gasteiger partial charge in [-0.1, -0.05) is 51.3 Å². The third-order valence-corrected chi connectivity index (χ3v) is 4.90. The van der Waals surface area contributed by atoms with Gasteiger partial charge in [0.1, 0.15) is 0 Å². The molecule has 0 spiro atoms. The summed E-state index contributed by atoms with van der Waals surface area (Å²) in [6, 6.07) is 6.72. The summed E-state index contributed by atoms with van der Waals surface area (Å²) in [4.78, 5) is 0. The first-order chi connectivity index (χ1) is 8.89. The van der Waals surface area contributed by atoms with Crippen LogP contribution in [0, 0.1) is 18.3 Å². The van der Waals surface area contributed by atoms with Crippen molar-refractivity contribution >= 4 is 17.3 Å². The fourth-order valence-corrected chi connectivity index (χ4v) is 3.48. The largest absolute Gasteiger partial charge is 0.382 e. The predicted molar refractivity (Wildman–Crippen MR) is 85.0 cm³/mol. The lowest BCUT2D eigenvalue weighted by Crippen LogP contribution is -2.39. The van der Waals surface area contributed by atoms with Crippen molar-refractivity contribution in [3.8, 4) is 0 Å². The summed E-state index contributed by atoms with van der Waals surface area (Å²) in [6.07, 6.45) is 5.31. The Morgan fingerprint density at radius 3 is 2.53 bits per heavy atom. The summed E-state index contributed by atoms with van der Waals surface area (Å²) in [5, 5.41) is 4.62. The summed E-state index contributed by atoms with van der Waals surface area (Å²) in [6.45, 7) is 9.19. The van der Waals surface area contributed by atoms with E-state index in [2.05, 4.69) is 39.1 Å². The molecule has 2 rings (SSSR count). The van der Waals surface area contributed by atoms with E-state index in [9.17, 15) is 0 Å². The molecule has 1 N–H and O–H groups in total. The molecule has 0 aromatic heterocycles. The Morgan fingerprint density at radius 2 is 1.84 bits per heavy atom. The van der Waals surface area contributed by atoms with Crippen LogP contribution in [-0.2, 0) is 0 Å². The zero-order valence-electron chi connectivity index (χ0n) is 12.6. The van der Waals surface area contributed by atoms with Crippen LogP contribution in [-0.4, -0.2) is 6.04 Å². The SMILES string of the molecule is Cc1c(Cl)cccc1NC1CCCCC1C(C)(C)C. The average molecular weight is 280 g/mol. The Hall–Kier alpha value is -0.690. The molecule has 19 heavy (non-hydrogen) atoms. The topological polar surface area (TPSA) is 12.0 Å². The molecule has 2 unspecified atom stereocenters. The highest BCUT2D eigenvalue weighted by Crippen LogP contribution is 2.39. The molecule has 0 aliphatic heterocycles. The van der Waals surface area contributed by atoms with Crippen LogP contribution in [0.2, 0.25) is 5.02 Å². The third kappa shape index (κ3) is 3.45. The van der Waals surface area contributed by atoms with Gasteiger partial charge in [0, 0.05) is 16.8 Å². The van der Waals surface area contributed by atoms with Gasteiger partial charge >= 0.3 is 0 Å². The molecule has 1 aliphatic carbocycles. The van der Waals surface area contributed by atoms with Crippen molar-refractivity contribution in [3.05, 3.63) is 28.8 Å². The van der Waals surface area contributed by atoms with E-state index >= 15 is 0 Å². The maximum Gasteiger partial charge on any atom is 0.0455 e. The Morgan fingerprint density at radius 1 is 1.16 bits per heavy atom. The molecule has 0 saturated heterocycles. The van der Waals surface area contributed by atoms with Crippen LogP contribution < -0.4 is 5.32 Å². The van der Waals surface area contributed by atoms with Crippen LogP contribution >= 0.6 is 11.6 Å². The summed E-state index contributed by atoms with van der Waals surface area (Å²) in [5.74, 6) is 0.736. The fraction of sp³-hybridized carbons (Fsp3) is 0.647. The molecule has 2 heteroatoms. The first kappa shape index (κ1) is 14.7. The molecule has 106 valence electrons. The summed E-state index contributed by atoms with van der Waals surface area (Å²) in [5.41, 5.74) is 2.74. The smallest absolute Gasteiger partial charge is 0.0455 e. The van der Waals surface area contributed by atoms with E-state index in [4.69, 9.17) is 11.6 Å². The summed E-state index contributed by atoms with van der Waals surface area (Å²) in [7, 11) is 0. The van der Waals surface area contributed by atoms with Crippen LogP contribution in [0.4, 0.5) is 5.69 Å². The van der Waals surface area contributed by atoms with Crippen molar-refractivity contribution in [2.75, 3.05) is 5.32 Å². The lowest BCUT2D eigenvalue weighted by atomic mass is 9.69. The Kier molecular flexibility index (Phi) is 4.45. The van der Waals surface area contributed by atoms with Gasteiger partial charge in [-0.25, -0.2) is 0 Å². The van der Waals surface area contributed by atoms with Crippen molar-refractivity contribution in [2.24, 2.45) is 11.3 Å². The Labute approximate surface area is 122 Å². The van der Waals surface area contributed by atoms with Crippen molar-refractivity contribution < 1.29 is 0 Å². The molecule has 2 atom stereocenters. The van der Waals surface area contributed by atoms with E-state index in [1.165, 1.54) is 36.9 Å². The average Bonchev–Trinajstić information content (AvgIpc) is 2.34. The highest BCUT2D eigenvalue weighted by Gasteiger charge is 2.34. The molecule has 1 aliphatic rings. The first-order valence-electron chi connectivity index (χ1n) is 7.41. The predicted octanol–water partition coefficient (Wildman–Crippen LogP) is 5.67. The van der Waals surface area contributed by atoms with Gasteiger partial charge in [-0.15, -0.1) is 0 Å². The van der Waals surface area contributed by atoms with Gasteiger partial charge in [-0.3, -0.25) is 0 Å². The molecule has 0 heterocycles. The molecule has 0 amide bonds. The number of nitrogens with one attached hydrogen (secondary N) is 1. The third-order valence-electron chi connectivity index (χ3n) is 4.49. The Balaban J connectivity index is 2.18. The van der Waals surface area contributed by atoms with Gasteiger partial charge in [0.2, 0.25) is 0 Å². The number of hydrogen-bond acceptors (Lipinski definition) is 1. The highest BCUT2D eigenvalue weighted by molar-refractivity contribution is 6.31.